The second kappa shape index (κ2) is 6.05. The number of fused-ring (bicyclic) bond motifs is 2. The zero-order chi connectivity index (χ0) is 17.4. The van der Waals surface area contributed by atoms with Gasteiger partial charge in [0.1, 0.15) is 17.0 Å². The number of ether oxygens (including phenoxy) is 1. The number of rotatable bonds is 3. The van der Waals surface area contributed by atoms with Crippen molar-refractivity contribution in [2.75, 3.05) is 6.61 Å². The van der Waals surface area contributed by atoms with Gasteiger partial charge in [-0.05, 0) is 25.1 Å². The van der Waals surface area contributed by atoms with Crippen LogP contribution in [-0.2, 0) is 0 Å². The van der Waals surface area contributed by atoms with Gasteiger partial charge in [-0.25, -0.2) is 4.98 Å². The molecule has 3 heterocycles. The van der Waals surface area contributed by atoms with Crippen molar-refractivity contribution >= 4 is 11.6 Å². The van der Waals surface area contributed by atoms with Crippen molar-refractivity contribution in [2.45, 2.75) is 18.9 Å². The summed E-state index contributed by atoms with van der Waals surface area (Å²) in [6.45, 7) is 2.43. The van der Waals surface area contributed by atoms with E-state index in [1.807, 2.05) is 31.2 Å². The molecule has 126 valence electrons. The molecule has 4 rings (SSSR count). The van der Waals surface area contributed by atoms with Crippen molar-refractivity contribution in [3.8, 4) is 5.75 Å². The minimum atomic E-state index is -0.423. The number of aromatic nitrogens is 2. The fourth-order valence-electron chi connectivity index (χ4n) is 3.17. The SMILES string of the molecule is C[C@H](NC(=O)c1cnc2ccccn2c1=O)[C@H]1COc2ccccc21. The maximum Gasteiger partial charge on any atom is 0.270 e. The number of para-hydroxylation sites is 1. The summed E-state index contributed by atoms with van der Waals surface area (Å²) < 4.78 is 7.04. The van der Waals surface area contributed by atoms with Crippen LogP contribution in [0.1, 0.15) is 28.8 Å². The van der Waals surface area contributed by atoms with Gasteiger partial charge in [-0.15, -0.1) is 0 Å². The Labute approximate surface area is 144 Å². The van der Waals surface area contributed by atoms with Crippen molar-refractivity contribution in [2.24, 2.45) is 0 Å². The third-order valence-corrected chi connectivity index (χ3v) is 4.56. The van der Waals surface area contributed by atoms with Crippen LogP contribution >= 0.6 is 0 Å². The van der Waals surface area contributed by atoms with Gasteiger partial charge < -0.3 is 10.1 Å². The molecular weight excluding hydrogens is 318 g/mol. The first-order chi connectivity index (χ1) is 12.1. The highest BCUT2D eigenvalue weighted by Gasteiger charge is 2.30. The topological polar surface area (TPSA) is 72.7 Å². The van der Waals surface area contributed by atoms with E-state index in [4.69, 9.17) is 4.74 Å². The van der Waals surface area contributed by atoms with E-state index >= 15 is 0 Å². The molecule has 0 spiro atoms. The van der Waals surface area contributed by atoms with Crippen LogP contribution in [-0.4, -0.2) is 27.9 Å². The molecule has 6 nitrogen and oxygen atoms in total. The Hall–Kier alpha value is -3.15. The Morgan fingerprint density at radius 1 is 1.28 bits per heavy atom. The Kier molecular flexibility index (Phi) is 3.72. The van der Waals surface area contributed by atoms with E-state index in [0.717, 1.165) is 11.3 Å². The lowest BCUT2D eigenvalue weighted by Gasteiger charge is -2.19. The Morgan fingerprint density at radius 3 is 2.96 bits per heavy atom. The number of nitrogens with one attached hydrogen (secondary N) is 1. The summed E-state index contributed by atoms with van der Waals surface area (Å²) in [6, 6.07) is 12.9. The van der Waals surface area contributed by atoms with E-state index in [9.17, 15) is 9.59 Å². The first-order valence-corrected chi connectivity index (χ1v) is 8.14. The van der Waals surface area contributed by atoms with Gasteiger partial charge in [0.05, 0.1) is 6.61 Å². The van der Waals surface area contributed by atoms with Crippen molar-refractivity contribution in [3.05, 3.63) is 76.3 Å². The smallest absolute Gasteiger partial charge is 0.270 e. The molecule has 0 saturated heterocycles. The van der Waals surface area contributed by atoms with Crippen LogP contribution in [0.15, 0.2) is 59.7 Å². The summed E-state index contributed by atoms with van der Waals surface area (Å²) >= 11 is 0. The Balaban J connectivity index is 1.59. The van der Waals surface area contributed by atoms with E-state index in [0.29, 0.717) is 12.3 Å². The first kappa shape index (κ1) is 15.4. The molecule has 0 radical (unpaired) electrons. The van der Waals surface area contributed by atoms with Crippen LogP contribution in [0.4, 0.5) is 0 Å². The number of hydrogen-bond donors (Lipinski definition) is 1. The molecule has 0 aliphatic carbocycles. The number of benzene rings is 1. The van der Waals surface area contributed by atoms with Gasteiger partial charge in [-0.2, -0.15) is 0 Å². The molecule has 1 N–H and O–H groups in total. The molecule has 25 heavy (non-hydrogen) atoms. The lowest BCUT2D eigenvalue weighted by molar-refractivity contribution is 0.0930. The highest BCUT2D eigenvalue weighted by atomic mass is 16.5. The van der Waals surface area contributed by atoms with Gasteiger partial charge in [0.25, 0.3) is 11.5 Å². The number of amides is 1. The number of nitrogens with zero attached hydrogens (tertiary/aromatic N) is 2. The summed E-state index contributed by atoms with van der Waals surface area (Å²) in [7, 11) is 0. The third-order valence-electron chi connectivity index (χ3n) is 4.56. The van der Waals surface area contributed by atoms with Crippen LogP contribution in [0.25, 0.3) is 5.65 Å². The quantitative estimate of drug-likeness (QED) is 0.794. The largest absolute Gasteiger partial charge is 0.493 e. The predicted molar refractivity (Wildman–Crippen MR) is 93.1 cm³/mol. The number of hydrogen-bond acceptors (Lipinski definition) is 4. The lowest BCUT2D eigenvalue weighted by Crippen LogP contribution is -2.40. The minimum absolute atomic E-state index is 0.0303. The second-order valence-corrected chi connectivity index (χ2v) is 6.12. The van der Waals surface area contributed by atoms with Gasteiger partial charge in [-0.1, -0.05) is 24.3 Å². The minimum Gasteiger partial charge on any atom is -0.493 e. The highest BCUT2D eigenvalue weighted by Crippen LogP contribution is 2.35. The van der Waals surface area contributed by atoms with Gasteiger partial charge in [0, 0.05) is 29.9 Å². The molecule has 1 amide bonds. The number of carbonyl (C=O) groups is 1. The van der Waals surface area contributed by atoms with E-state index in [-0.39, 0.29) is 23.1 Å². The summed E-state index contributed by atoms with van der Waals surface area (Å²) in [5.41, 5.74) is 1.24. The highest BCUT2D eigenvalue weighted by molar-refractivity contribution is 5.94. The summed E-state index contributed by atoms with van der Waals surface area (Å²) in [5, 5.41) is 2.91. The van der Waals surface area contributed by atoms with Crippen LogP contribution in [0.5, 0.6) is 5.75 Å². The van der Waals surface area contributed by atoms with Crippen molar-refractivity contribution in [3.63, 3.8) is 0 Å². The molecule has 6 heteroatoms. The van der Waals surface area contributed by atoms with Gasteiger partial charge in [0.15, 0.2) is 0 Å². The first-order valence-electron chi connectivity index (χ1n) is 8.14. The Bertz CT molecular complexity index is 1010. The normalized spacial score (nSPS) is 16.9. The van der Waals surface area contributed by atoms with E-state index in [1.54, 1.807) is 24.4 Å². The van der Waals surface area contributed by atoms with Crippen LogP contribution in [0.2, 0.25) is 0 Å². The van der Waals surface area contributed by atoms with Crippen molar-refractivity contribution < 1.29 is 9.53 Å². The zero-order valence-corrected chi connectivity index (χ0v) is 13.7. The molecule has 0 saturated carbocycles. The van der Waals surface area contributed by atoms with Gasteiger partial charge >= 0.3 is 0 Å². The molecule has 2 atom stereocenters. The molecular formula is C19H17N3O3. The third kappa shape index (κ3) is 2.65. The maximum atomic E-state index is 12.6. The van der Waals surface area contributed by atoms with Crippen LogP contribution in [0.3, 0.4) is 0 Å². The molecule has 2 aromatic heterocycles. The zero-order valence-electron chi connectivity index (χ0n) is 13.7. The molecule has 1 aliphatic heterocycles. The van der Waals surface area contributed by atoms with Gasteiger partial charge in [-0.3, -0.25) is 14.0 Å². The van der Waals surface area contributed by atoms with Crippen LogP contribution < -0.4 is 15.6 Å². The molecule has 0 bridgehead atoms. The standard InChI is InChI=1S/C19H17N3O3/c1-12(15-11-25-16-7-3-2-6-13(15)16)21-18(23)14-10-20-17-8-4-5-9-22(17)19(14)24/h2-10,12,15H,11H2,1H3,(H,21,23)/t12-,15+/m0/s1. The maximum absolute atomic E-state index is 12.6. The predicted octanol–water partition coefficient (Wildman–Crippen LogP) is 1.99. The second-order valence-electron chi connectivity index (χ2n) is 6.12. The Morgan fingerprint density at radius 2 is 2.08 bits per heavy atom. The lowest BCUT2D eigenvalue weighted by atomic mass is 9.94. The monoisotopic (exact) mass is 335 g/mol. The molecule has 3 aromatic rings. The summed E-state index contributed by atoms with van der Waals surface area (Å²) in [6.07, 6.45) is 2.94. The number of pyridine rings is 1. The van der Waals surface area contributed by atoms with E-state index in [2.05, 4.69) is 10.3 Å². The van der Waals surface area contributed by atoms with Gasteiger partial charge in [0.2, 0.25) is 0 Å². The fourth-order valence-corrected chi connectivity index (χ4v) is 3.17. The van der Waals surface area contributed by atoms with E-state index in [1.165, 1.54) is 10.6 Å². The fraction of sp³-hybridized carbons (Fsp3) is 0.211. The van der Waals surface area contributed by atoms with Crippen molar-refractivity contribution in [1.29, 1.82) is 0 Å². The number of carbonyl (C=O) groups excluding carboxylic acids is 1. The molecule has 0 unspecified atom stereocenters. The molecule has 0 fully saturated rings. The van der Waals surface area contributed by atoms with E-state index < -0.39 is 5.91 Å². The summed E-state index contributed by atoms with van der Waals surface area (Å²) in [4.78, 5) is 29.3. The molecule has 1 aliphatic rings. The van der Waals surface area contributed by atoms with Crippen molar-refractivity contribution in [1.82, 2.24) is 14.7 Å². The average Bonchev–Trinajstić information content (AvgIpc) is 3.06. The van der Waals surface area contributed by atoms with Crippen LogP contribution in [0, 0.1) is 0 Å². The average molecular weight is 335 g/mol. The summed E-state index contributed by atoms with van der Waals surface area (Å²) in [5.74, 6) is 0.477. The molecule has 1 aromatic carbocycles.